The van der Waals surface area contributed by atoms with Gasteiger partial charge in [0.05, 0.1) is 18.0 Å². The second-order valence-electron chi connectivity index (χ2n) is 10.3. The number of methoxy groups -OCH3 is 1. The fraction of sp³-hybridized carbons (Fsp3) is 0.310. The van der Waals surface area contributed by atoms with Gasteiger partial charge in [-0.2, -0.15) is 0 Å². The molecule has 0 bridgehead atoms. The second-order valence-corrected chi connectivity index (χ2v) is 10.3. The maximum absolute atomic E-state index is 14.7. The molecule has 10 nitrogen and oxygen atoms in total. The summed E-state index contributed by atoms with van der Waals surface area (Å²) in [6, 6.07) is 16.7. The van der Waals surface area contributed by atoms with Gasteiger partial charge >= 0.3 is 0 Å². The molecule has 1 spiro atoms. The molecule has 0 aromatic heterocycles. The number of carbonyl (C=O) groups excluding carboxylic acids is 2. The van der Waals surface area contributed by atoms with Gasteiger partial charge in [-0.05, 0) is 61.3 Å². The number of ether oxygens (including phenoxy) is 3. The van der Waals surface area contributed by atoms with Crippen molar-refractivity contribution in [3.05, 3.63) is 87.5 Å². The zero-order valence-electron chi connectivity index (χ0n) is 21.1. The van der Waals surface area contributed by atoms with E-state index in [9.17, 15) is 19.7 Å². The van der Waals surface area contributed by atoms with Crippen molar-refractivity contribution in [3.63, 3.8) is 0 Å². The molecular formula is C29H25N3O7. The van der Waals surface area contributed by atoms with Crippen molar-refractivity contribution in [2.24, 2.45) is 5.92 Å². The minimum atomic E-state index is -1.31. The van der Waals surface area contributed by atoms with E-state index in [0.717, 1.165) is 12.8 Å². The predicted molar refractivity (Wildman–Crippen MR) is 139 cm³/mol. The van der Waals surface area contributed by atoms with Crippen LogP contribution < -0.4 is 19.5 Å². The highest BCUT2D eigenvalue weighted by atomic mass is 16.7. The van der Waals surface area contributed by atoms with E-state index in [0.29, 0.717) is 46.2 Å². The summed E-state index contributed by atoms with van der Waals surface area (Å²) in [5.74, 6) is -0.231. The number of ketones is 1. The first-order valence-electron chi connectivity index (χ1n) is 12.9. The van der Waals surface area contributed by atoms with Crippen molar-refractivity contribution in [2.75, 3.05) is 25.8 Å². The van der Waals surface area contributed by atoms with Crippen LogP contribution in [-0.2, 0) is 10.3 Å². The number of nitrogens with one attached hydrogen (secondary N) is 1. The van der Waals surface area contributed by atoms with Gasteiger partial charge in [0.1, 0.15) is 11.3 Å². The van der Waals surface area contributed by atoms with E-state index < -0.39 is 22.3 Å². The van der Waals surface area contributed by atoms with Gasteiger partial charge in [0, 0.05) is 40.9 Å². The Bertz CT molecular complexity index is 1560. The van der Waals surface area contributed by atoms with Crippen LogP contribution in [0.25, 0.3) is 0 Å². The third kappa shape index (κ3) is 3.24. The van der Waals surface area contributed by atoms with E-state index in [4.69, 9.17) is 14.2 Å². The van der Waals surface area contributed by atoms with Crippen LogP contribution in [0.3, 0.4) is 0 Å². The molecule has 3 unspecified atom stereocenters. The molecule has 10 heteroatoms. The maximum Gasteiger partial charge on any atom is 0.269 e. The first-order chi connectivity index (χ1) is 18.9. The molecule has 1 amide bonds. The molecule has 39 heavy (non-hydrogen) atoms. The van der Waals surface area contributed by atoms with Crippen LogP contribution in [0.5, 0.6) is 17.2 Å². The monoisotopic (exact) mass is 527 g/mol. The summed E-state index contributed by atoms with van der Waals surface area (Å²) in [7, 11) is 1.56. The zero-order valence-corrected chi connectivity index (χ0v) is 21.1. The van der Waals surface area contributed by atoms with E-state index in [2.05, 4.69) is 10.2 Å². The fourth-order valence-electron chi connectivity index (χ4n) is 7.12. The second kappa shape index (κ2) is 8.54. The Morgan fingerprint density at radius 2 is 1.97 bits per heavy atom. The lowest BCUT2D eigenvalue weighted by Crippen LogP contribution is -2.52. The molecule has 2 fully saturated rings. The number of amides is 1. The number of benzene rings is 3. The minimum Gasteiger partial charge on any atom is -0.497 e. The van der Waals surface area contributed by atoms with E-state index in [1.165, 1.54) is 6.07 Å². The molecule has 4 heterocycles. The lowest BCUT2D eigenvalue weighted by Gasteiger charge is -2.37. The number of nitro benzene ring substituents is 1. The number of Topliss-reactive ketones (excluding diaryl/α,β-unsaturated/α-hetero) is 1. The molecule has 4 aliphatic heterocycles. The van der Waals surface area contributed by atoms with Gasteiger partial charge in [-0.15, -0.1) is 0 Å². The molecule has 0 aliphatic carbocycles. The Balaban J connectivity index is 1.47. The molecule has 4 atom stereocenters. The van der Waals surface area contributed by atoms with E-state index in [-0.39, 0.29) is 30.2 Å². The fourth-order valence-corrected chi connectivity index (χ4v) is 7.12. The summed E-state index contributed by atoms with van der Waals surface area (Å²) < 4.78 is 16.5. The Morgan fingerprint density at radius 1 is 1.13 bits per heavy atom. The van der Waals surface area contributed by atoms with Crippen molar-refractivity contribution in [1.82, 2.24) is 4.90 Å². The number of hydrogen-bond acceptors (Lipinski definition) is 8. The summed E-state index contributed by atoms with van der Waals surface area (Å²) in [5.41, 5.74) is 1.02. The van der Waals surface area contributed by atoms with E-state index >= 15 is 0 Å². The number of anilines is 1. The number of fused-ring (bicyclic) bond motifs is 5. The van der Waals surface area contributed by atoms with Crippen molar-refractivity contribution in [1.29, 1.82) is 0 Å². The molecule has 0 radical (unpaired) electrons. The van der Waals surface area contributed by atoms with Gasteiger partial charge < -0.3 is 19.5 Å². The van der Waals surface area contributed by atoms with Gasteiger partial charge in [0.25, 0.3) is 5.69 Å². The van der Waals surface area contributed by atoms with Gasteiger partial charge in [0.2, 0.25) is 12.7 Å². The Morgan fingerprint density at radius 3 is 2.79 bits per heavy atom. The third-order valence-electron chi connectivity index (χ3n) is 8.61. The van der Waals surface area contributed by atoms with Crippen LogP contribution in [-0.4, -0.2) is 48.0 Å². The molecule has 1 N–H and O–H groups in total. The highest BCUT2D eigenvalue weighted by Gasteiger charge is 2.69. The zero-order chi connectivity index (χ0) is 26.9. The van der Waals surface area contributed by atoms with Gasteiger partial charge in [-0.1, -0.05) is 12.1 Å². The molecular weight excluding hydrogens is 502 g/mol. The number of hydrogen-bond donors (Lipinski definition) is 1. The molecule has 2 saturated heterocycles. The number of nitro groups is 1. The van der Waals surface area contributed by atoms with Crippen LogP contribution in [0.4, 0.5) is 11.4 Å². The molecule has 3 aromatic carbocycles. The summed E-state index contributed by atoms with van der Waals surface area (Å²) in [6.45, 7) is 0.688. The number of rotatable bonds is 5. The summed E-state index contributed by atoms with van der Waals surface area (Å²) >= 11 is 0. The van der Waals surface area contributed by atoms with Gasteiger partial charge in [-0.3, -0.25) is 24.6 Å². The van der Waals surface area contributed by atoms with Gasteiger partial charge in [0.15, 0.2) is 17.3 Å². The Kier molecular flexibility index (Phi) is 5.18. The van der Waals surface area contributed by atoms with Crippen LogP contribution in [0.1, 0.15) is 40.2 Å². The number of nitrogens with zero attached hydrogens (tertiary/aromatic N) is 2. The smallest absolute Gasteiger partial charge is 0.269 e. The van der Waals surface area contributed by atoms with E-state index in [1.54, 1.807) is 49.6 Å². The van der Waals surface area contributed by atoms with E-state index in [1.807, 2.05) is 12.1 Å². The average molecular weight is 528 g/mol. The lowest BCUT2D eigenvalue weighted by atomic mass is 9.68. The quantitative estimate of drug-likeness (QED) is 0.297. The highest BCUT2D eigenvalue weighted by Crippen LogP contribution is 2.61. The van der Waals surface area contributed by atoms with Crippen molar-refractivity contribution in [3.8, 4) is 17.2 Å². The highest BCUT2D eigenvalue weighted by molar-refractivity contribution is 6.12. The molecule has 198 valence electrons. The maximum atomic E-state index is 14.7. The molecule has 0 saturated carbocycles. The third-order valence-corrected chi connectivity index (χ3v) is 8.61. The van der Waals surface area contributed by atoms with Crippen LogP contribution >= 0.6 is 0 Å². The summed E-state index contributed by atoms with van der Waals surface area (Å²) in [4.78, 5) is 42.3. The standard InChI is InChI=1S/C29H25N3O7/c1-37-19-8-9-21-20(14-19)29(28(34)30-21)26(27(33)17-7-10-23-24(13-17)39-15-38-23)25(22-6-3-11-31(22)29)16-4-2-5-18(12-16)32(35)36/h2,4-5,7-10,12-14,22,25-26H,3,6,11,15H2,1H3,(H,30,34)/t22?,25?,26?,29-/m1/s1. The molecule has 4 aliphatic rings. The van der Waals surface area contributed by atoms with Crippen LogP contribution in [0.15, 0.2) is 60.7 Å². The SMILES string of the molecule is COc1ccc2c(c1)[C@]1(C(=O)N2)C(C(=O)c2ccc3c(c2)OCO3)C(c2cccc([N+](=O)[O-])c2)C2CCCN21. The van der Waals surface area contributed by atoms with Gasteiger partial charge in [-0.25, -0.2) is 0 Å². The van der Waals surface area contributed by atoms with Crippen molar-refractivity contribution in [2.45, 2.75) is 30.3 Å². The topological polar surface area (TPSA) is 120 Å². The number of carbonyl (C=O) groups is 2. The largest absolute Gasteiger partial charge is 0.497 e. The molecule has 3 aromatic rings. The summed E-state index contributed by atoms with van der Waals surface area (Å²) in [5, 5.41) is 14.7. The first-order valence-corrected chi connectivity index (χ1v) is 12.9. The lowest BCUT2D eigenvalue weighted by molar-refractivity contribution is -0.384. The van der Waals surface area contributed by atoms with Crippen molar-refractivity contribution >= 4 is 23.1 Å². The Hall–Kier alpha value is -4.44. The number of non-ortho nitro benzene ring substituents is 1. The van der Waals surface area contributed by atoms with Crippen molar-refractivity contribution < 1.29 is 28.7 Å². The Labute approximate surface area is 223 Å². The normalized spacial score (nSPS) is 26.4. The summed E-state index contributed by atoms with van der Waals surface area (Å²) in [6.07, 6.45) is 1.60. The van der Waals surface area contributed by atoms with Crippen LogP contribution in [0, 0.1) is 16.0 Å². The first kappa shape index (κ1) is 23.7. The molecule has 7 rings (SSSR count). The average Bonchev–Trinajstić information content (AvgIpc) is 3.72. The predicted octanol–water partition coefficient (Wildman–Crippen LogP) is 4.24. The minimum absolute atomic E-state index is 0.0507. The van der Waals surface area contributed by atoms with Crippen LogP contribution in [0.2, 0.25) is 0 Å².